The summed E-state index contributed by atoms with van der Waals surface area (Å²) in [4.78, 5) is 0. The fourth-order valence-corrected chi connectivity index (χ4v) is 1.47. The van der Waals surface area contributed by atoms with Crippen molar-refractivity contribution in [1.82, 2.24) is 4.31 Å². The van der Waals surface area contributed by atoms with E-state index >= 15 is 0 Å². The van der Waals surface area contributed by atoms with Gasteiger partial charge in [-0.05, 0) is 6.42 Å². The molecule has 1 rings (SSSR count). The highest BCUT2D eigenvalue weighted by Crippen LogP contribution is 2.07. The molecule has 0 spiro atoms. The molecule has 1 aliphatic heterocycles. The van der Waals surface area contributed by atoms with Crippen LogP contribution in [0.1, 0.15) is 6.42 Å². The molecule has 0 saturated carbocycles. The Hall–Kier alpha value is -0.130. The van der Waals surface area contributed by atoms with Gasteiger partial charge in [-0.1, -0.05) is 0 Å². The lowest BCUT2D eigenvalue weighted by Gasteiger charge is -2.02. The minimum Gasteiger partial charge on any atom is -0.392 e. The average Bonchev–Trinajstić information content (AvgIpc) is 2.14. The zero-order valence-corrected chi connectivity index (χ0v) is 5.75. The number of hydrogen-bond donors (Lipinski definition) is 2. The largest absolute Gasteiger partial charge is 0.392 e. The van der Waals surface area contributed by atoms with Crippen LogP contribution < -0.4 is 0 Å². The summed E-state index contributed by atoms with van der Waals surface area (Å²) in [6, 6.07) is 0. The molecule has 1 aliphatic rings. The first-order valence-electron chi connectivity index (χ1n) is 2.77. The van der Waals surface area contributed by atoms with Crippen LogP contribution in [0.5, 0.6) is 0 Å². The first-order chi connectivity index (χ1) is 4.20. The van der Waals surface area contributed by atoms with Gasteiger partial charge < -0.3 is 5.11 Å². The van der Waals surface area contributed by atoms with Crippen LogP contribution in [0.4, 0.5) is 0 Å². The second-order valence-corrected chi connectivity index (χ2v) is 3.13. The van der Waals surface area contributed by atoms with Gasteiger partial charge in [0.1, 0.15) is 0 Å². The number of thiol groups is 1. The lowest BCUT2D eigenvalue weighted by atomic mass is 10.3. The maximum atomic E-state index is 10.2. The molecule has 9 heavy (non-hydrogen) atoms. The van der Waals surface area contributed by atoms with Crippen LogP contribution in [0.3, 0.4) is 0 Å². The minimum atomic E-state index is -2.45. The van der Waals surface area contributed by atoms with E-state index in [9.17, 15) is 8.42 Å². The molecule has 5 heteroatoms. The van der Waals surface area contributed by atoms with Crippen LogP contribution in [0.25, 0.3) is 0 Å². The molecular formula is C4H9NO3S. The Labute approximate surface area is 55.2 Å². The molecule has 1 heterocycles. The third-order valence-corrected chi connectivity index (χ3v) is 2.20. The molecule has 0 aromatic heterocycles. The number of aliphatic hydroxyl groups excluding tert-OH is 1. The zero-order chi connectivity index (χ0) is 6.85. The maximum Gasteiger partial charge on any atom is 0.204 e. The molecule has 1 fully saturated rings. The molecule has 1 saturated heterocycles. The fraction of sp³-hybridized carbons (Fsp3) is 1.00. The van der Waals surface area contributed by atoms with Crippen molar-refractivity contribution in [3.05, 3.63) is 0 Å². The van der Waals surface area contributed by atoms with E-state index in [0.29, 0.717) is 13.0 Å². The predicted octanol–water partition coefficient (Wildman–Crippen LogP) is -1.42. The summed E-state index contributed by atoms with van der Waals surface area (Å²) in [7, 11) is -2.45. The second kappa shape index (κ2) is 2.64. The number of aliphatic hydroxyl groups is 1. The zero-order valence-electron chi connectivity index (χ0n) is 4.86. The van der Waals surface area contributed by atoms with Gasteiger partial charge in [-0.3, -0.25) is 0 Å². The Bertz CT molecular complexity index is 159. The summed E-state index contributed by atoms with van der Waals surface area (Å²) in [5.74, 6) is 0. The van der Waals surface area contributed by atoms with Gasteiger partial charge in [-0.25, -0.2) is 12.7 Å². The predicted molar refractivity (Wildman–Crippen MR) is 32.5 cm³/mol. The van der Waals surface area contributed by atoms with E-state index in [1.54, 1.807) is 0 Å². The van der Waals surface area contributed by atoms with Gasteiger partial charge in [0, 0.05) is 13.1 Å². The molecule has 0 radical (unpaired) electrons. The molecule has 1 unspecified atom stereocenters. The molecule has 0 aromatic rings. The lowest BCUT2D eigenvalue weighted by molar-refractivity contribution is 0.189. The molecule has 1 atom stereocenters. The van der Waals surface area contributed by atoms with Crippen molar-refractivity contribution >= 4 is 10.9 Å². The SMILES string of the molecule is O=[SH](=O)N1CCC(O)C1. The highest BCUT2D eigenvalue weighted by atomic mass is 32.2. The normalized spacial score (nSPS) is 29.8. The number of hydrogen-bond acceptors (Lipinski definition) is 3. The smallest absolute Gasteiger partial charge is 0.204 e. The molecule has 0 aromatic carbocycles. The fourth-order valence-electron chi connectivity index (χ4n) is 0.872. The van der Waals surface area contributed by atoms with Crippen molar-refractivity contribution in [2.24, 2.45) is 0 Å². The van der Waals surface area contributed by atoms with Crippen LogP contribution in [-0.2, 0) is 10.9 Å². The van der Waals surface area contributed by atoms with Gasteiger partial charge >= 0.3 is 0 Å². The van der Waals surface area contributed by atoms with Crippen molar-refractivity contribution in [3.8, 4) is 0 Å². The third-order valence-electron chi connectivity index (χ3n) is 1.37. The van der Waals surface area contributed by atoms with Crippen molar-refractivity contribution in [2.45, 2.75) is 12.5 Å². The van der Waals surface area contributed by atoms with E-state index in [1.165, 1.54) is 4.31 Å². The quantitative estimate of drug-likeness (QED) is 0.452. The Kier molecular flexibility index (Phi) is 2.05. The van der Waals surface area contributed by atoms with Crippen LogP contribution in [0.15, 0.2) is 0 Å². The van der Waals surface area contributed by atoms with Gasteiger partial charge in [0.2, 0.25) is 10.9 Å². The monoisotopic (exact) mass is 151 g/mol. The van der Waals surface area contributed by atoms with Gasteiger partial charge in [-0.2, -0.15) is 0 Å². The van der Waals surface area contributed by atoms with E-state index in [4.69, 9.17) is 5.11 Å². The standard InChI is InChI=1S/C4H9NO3S/c6-4-1-2-5(3-4)9(7)8/h4,6,9H,1-3H2. The molecule has 0 amide bonds. The molecule has 0 aliphatic carbocycles. The van der Waals surface area contributed by atoms with Crippen molar-refractivity contribution in [2.75, 3.05) is 13.1 Å². The summed E-state index contributed by atoms with van der Waals surface area (Å²) in [5, 5.41) is 8.84. The summed E-state index contributed by atoms with van der Waals surface area (Å²) in [6.45, 7) is 0.749. The van der Waals surface area contributed by atoms with Gasteiger partial charge in [0.15, 0.2) is 0 Å². The van der Waals surface area contributed by atoms with E-state index in [-0.39, 0.29) is 6.54 Å². The molecule has 54 valence electrons. The summed E-state index contributed by atoms with van der Waals surface area (Å²) in [5.41, 5.74) is 0. The lowest BCUT2D eigenvalue weighted by Crippen LogP contribution is -2.19. The number of rotatable bonds is 1. The van der Waals surface area contributed by atoms with Crippen LogP contribution in [0.2, 0.25) is 0 Å². The topological polar surface area (TPSA) is 57.6 Å². The van der Waals surface area contributed by atoms with Crippen LogP contribution in [-0.4, -0.2) is 37.0 Å². The molecule has 4 nitrogen and oxygen atoms in total. The van der Waals surface area contributed by atoms with Crippen molar-refractivity contribution in [1.29, 1.82) is 0 Å². The number of nitrogens with zero attached hydrogens (tertiary/aromatic N) is 1. The molecular weight excluding hydrogens is 142 g/mol. The summed E-state index contributed by atoms with van der Waals surface area (Å²) >= 11 is 0. The summed E-state index contributed by atoms with van der Waals surface area (Å²) in [6.07, 6.45) is 0.126. The van der Waals surface area contributed by atoms with Gasteiger partial charge in [0.05, 0.1) is 6.10 Å². The van der Waals surface area contributed by atoms with E-state index in [2.05, 4.69) is 0 Å². The maximum absolute atomic E-state index is 10.2. The Balaban J connectivity index is 2.48. The third kappa shape index (κ3) is 1.64. The average molecular weight is 151 g/mol. The van der Waals surface area contributed by atoms with Gasteiger partial charge in [-0.15, -0.1) is 0 Å². The second-order valence-electron chi connectivity index (χ2n) is 2.09. The first kappa shape index (κ1) is 6.98. The van der Waals surface area contributed by atoms with Crippen molar-refractivity contribution in [3.63, 3.8) is 0 Å². The molecule has 1 N–H and O–H groups in total. The Morgan fingerprint density at radius 3 is 2.44 bits per heavy atom. The van der Waals surface area contributed by atoms with E-state index < -0.39 is 17.0 Å². The first-order valence-corrected chi connectivity index (χ1v) is 3.90. The molecule has 0 bridgehead atoms. The highest BCUT2D eigenvalue weighted by molar-refractivity contribution is 7.69. The van der Waals surface area contributed by atoms with Crippen LogP contribution in [0, 0.1) is 0 Å². The Morgan fingerprint density at radius 2 is 2.22 bits per heavy atom. The minimum absolute atomic E-state index is 0.276. The Morgan fingerprint density at radius 1 is 1.56 bits per heavy atom. The van der Waals surface area contributed by atoms with E-state index in [0.717, 1.165) is 0 Å². The number of β-amino-alcohol motifs (C(OH)–C–C–N with tert-alkyl or cyclic N) is 1. The van der Waals surface area contributed by atoms with Crippen LogP contribution >= 0.6 is 0 Å². The van der Waals surface area contributed by atoms with Crippen molar-refractivity contribution < 1.29 is 13.5 Å². The summed E-state index contributed by atoms with van der Waals surface area (Å²) < 4.78 is 21.6. The van der Waals surface area contributed by atoms with Gasteiger partial charge in [0.25, 0.3) is 0 Å². The highest BCUT2D eigenvalue weighted by Gasteiger charge is 2.21. The van der Waals surface area contributed by atoms with E-state index in [1.807, 2.05) is 0 Å².